The third kappa shape index (κ3) is 5.04. The van der Waals surface area contributed by atoms with Gasteiger partial charge in [-0.05, 0) is 18.2 Å². The van der Waals surface area contributed by atoms with Crippen LogP contribution in [0.3, 0.4) is 0 Å². The second kappa shape index (κ2) is 7.74. The Hall–Kier alpha value is -1.95. The lowest BCUT2D eigenvalue weighted by Gasteiger charge is -2.34. The molecule has 11 heteroatoms. The summed E-state index contributed by atoms with van der Waals surface area (Å²) in [4.78, 5) is 15.5. The van der Waals surface area contributed by atoms with Crippen LogP contribution >= 0.6 is 0 Å². The number of piperazine rings is 1. The van der Waals surface area contributed by atoms with Crippen molar-refractivity contribution < 1.29 is 26.2 Å². The Morgan fingerprint density at radius 1 is 1.19 bits per heavy atom. The maximum atomic E-state index is 12.5. The van der Waals surface area contributed by atoms with E-state index in [0.717, 1.165) is 11.5 Å². The summed E-state index contributed by atoms with van der Waals surface area (Å²) >= 11 is 0. The van der Waals surface area contributed by atoms with Crippen molar-refractivity contribution in [3.63, 3.8) is 0 Å². The van der Waals surface area contributed by atoms with E-state index >= 15 is 0 Å². The van der Waals surface area contributed by atoms with Crippen molar-refractivity contribution in [3.05, 3.63) is 35.7 Å². The molecule has 26 heavy (non-hydrogen) atoms. The van der Waals surface area contributed by atoms with Crippen molar-refractivity contribution in [2.24, 2.45) is 0 Å². The minimum absolute atomic E-state index is 0.0277. The highest BCUT2D eigenvalue weighted by molar-refractivity contribution is 7.94. The Labute approximate surface area is 152 Å². The van der Waals surface area contributed by atoms with Gasteiger partial charge in [-0.25, -0.2) is 8.42 Å². The van der Waals surface area contributed by atoms with Crippen molar-refractivity contribution in [2.75, 3.05) is 44.2 Å². The monoisotopic (exact) mass is 403 g/mol. The predicted molar refractivity (Wildman–Crippen MR) is 97.0 cm³/mol. The zero-order chi connectivity index (χ0) is 19.5. The number of rotatable bonds is 6. The van der Waals surface area contributed by atoms with E-state index in [2.05, 4.69) is 6.58 Å². The number of hydrogen-bond acceptors (Lipinski definition) is 7. The molecule has 144 valence electrons. The van der Waals surface area contributed by atoms with Crippen LogP contribution in [0.2, 0.25) is 0 Å². The van der Waals surface area contributed by atoms with Gasteiger partial charge in [-0.1, -0.05) is 6.58 Å². The zero-order valence-electron chi connectivity index (χ0n) is 14.0. The van der Waals surface area contributed by atoms with Crippen LogP contribution in [0, 0.1) is 0 Å². The fraction of sp³-hybridized carbons (Fsp3) is 0.400. The standard InChI is InChI=1S/C15H21N3O6S2/c1-2-25(20,21)10-9-17-5-7-18(8-6-17)15(19)12-3-4-13(16)14(11-12)26(22,23)24/h2-4,11H,1,5-10,16H2,(H,22,23,24). The van der Waals surface area contributed by atoms with Crippen LogP contribution < -0.4 is 5.73 Å². The Bertz CT molecular complexity index is 903. The molecule has 0 saturated carbocycles. The van der Waals surface area contributed by atoms with E-state index in [1.165, 1.54) is 17.0 Å². The summed E-state index contributed by atoms with van der Waals surface area (Å²) in [7, 11) is -7.79. The first-order valence-electron chi connectivity index (χ1n) is 7.77. The molecule has 1 aliphatic heterocycles. The van der Waals surface area contributed by atoms with E-state index < -0.39 is 24.9 Å². The number of nitrogens with two attached hydrogens (primary N) is 1. The van der Waals surface area contributed by atoms with Crippen LogP contribution in [0.1, 0.15) is 10.4 Å². The van der Waals surface area contributed by atoms with E-state index in [9.17, 15) is 26.2 Å². The Morgan fingerprint density at radius 3 is 2.35 bits per heavy atom. The zero-order valence-corrected chi connectivity index (χ0v) is 15.7. The average molecular weight is 403 g/mol. The number of amides is 1. The molecular formula is C15H21N3O6S2. The molecule has 1 aliphatic rings. The van der Waals surface area contributed by atoms with Crippen LogP contribution in [0.15, 0.2) is 35.1 Å². The molecule has 0 aliphatic carbocycles. The number of benzene rings is 1. The Kier molecular flexibility index (Phi) is 6.06. The van der Waals surface area contributed by atoms with Gasteiger partial charge in [0.25, 0.3) is 16.0 Å². The largest absolute Gasteiger partial charge is 0.398 e. The number of carbonyl (C=O) groups is 1. The van der Waals surface area contributed by atoms with Gasteiger partial charge in [-0.3, -0.25) is 14.2 Å². The van der Waals surface area contributed by atoms with Crippen LogP contribution in [0.5, 0.6) is 0 Å². The van der Waals surface area contributed by atoms with E-state index in [-0.39, 0.29) is 22.9 Å². The molecule has 0 radical (unpaired) electrons. The van der Waals surface area contributed by atoms with Gasteiger partial charge in [0.2, 0.25) is 0 Å². The minimum Gasteiger partial charge on any atom is -0.398 e. The molecule has 0 bridgehead atoms. The number of sulfone groups is 1. The summed E-state index contributed by atoms with van der Waals surface area (Å²) in [5.74, 6) is -0.409. The molecule has 1 fully saturated rings. The van der Waals surface area contributed by atoms with E-state index in [1.807, 2.05) is 4.90 Å². The molecule has 9 nitrogen and oxygen atoms in total. The second-order valence-corrected chi connectivity index (χ2v) is 9.35. The van der Waals surface area contributed by atoms with Crippen LogP contribution in [-0.4, -0.2) is 75.6 Å². The molecule has 2 rings (SSSR count). The number of nitrogens with zero attached hydrogens (tertiary/aromatic N) is 2. The SMILES string of the molecule is C=CS(=O)(=O)CCN1CCN(C(=O)c2ccc(N)c(S(=O)(=O)O)c2)CC1. The molecule has 3 N–H and O–H groups in total. The maximum Gasteiger partial charge on any atom is 0.296 e. The summed E-state index contributed by atoms with van der Waals surface area (Å²) in [6.45, 7) is 5.36. The highest BCUT2D eigenvalue weighted by Gasteiger charge is 2.24. The first-order chi connectivity index (χ1) is 12.0. The van der Waals surface area contributed by atoms with Gasteiger partial charge in [0, 0.05) is 43.7 Å². The molecule has 1 aromatic rings. The van der Waals surface area contributed by atoms with E-state index in [4.69, 9.17) is 5.73 Å². The van der Waals surface area contributed by atoms with Gasteiger partial charge in [0.1, 0.15) is 4.90 Å². The van der Waals surface area contributed by atoms with Gasteiger partial charge in [0.15, 0.2) is 9.84 Å². The molecule has 0 aromatic heterocycles. The van der Waals surface area contributed by atoms with Crippen molar-refractivity contribution in [2.45, 2.75) is 4.90 Å². The van der Waals surface area contributed by atoms with Crippen molar-refractivity contribution in [3.8, 4) is 0 Å². The highest BCUT2D eigenvalue weighted by atomic mass is 32.2. The smallest absolute Gasteiger partial charge is 0.296 e. The molecular weight excluding hydrogens is 382 g/mol. The van der Waals surface area contributed by atoms with Crippen molar-refractivity contribution in [1.29, 1.82) is 0 Å². The predicted octanol–water partition coefficient (Wildman–Crippen LogP) is -0.168. The van der Waals surface area contributed by atoms with E-state index in [1.54, 1.807) is 0 Å². The Morgan fingerprint density at radius 2 is 1.81 bits per heavy atom. The average Bonchev–Trinajstić information content (AvgIpc) is 2.59. The molecule has 1 heterocycles. The fourth-order valence-electron chi connectivity index (χ4n) is 2.59. The highest BCUT2D eigenvalue weighted by Crippen LogP contribution is 2.21. The van der Waals surface area contributed by atoms with Crippen LogP contribution in [0.4, 0.5) is 5.69 Å². The van der Waals surface area contributed by atoms with Crippen LogP contribution in [0.25, 0.3) is 0 Å². The molecule has 0 spiro atoms. The summed E-state index contributed by atoms with van der Waals surface area (Å²) in [6.07, 6.45) is 0. The van der Waals surface area contributed by atoms with Gasteiger partial charge in [-0.15, -0.1) is 0 Å². The van der Waals surface area contributed by atoms with Gasteiger partial charge in [-0.2, -0.15) is 8.42 Å². The lowest BCUT2D eigenvalue weighted by molar-refractivity contribution is 0.0644. The number of carbonyl (C=O) groups excluding carboxylic acids is 1. The molecule has 0 unspecified atom stereocenters. The maximum absolute atomic E-state index is 12.5. The lowest BCUT2D eigenvalue weighted by atomic mass is 10.1. The van der Waals surface area contributed by atoms with Gasteiger partial charge < -0.3 is 10.6 Å². The third-order valence-corrected chi connectivity index (χ3v) is 6.31. The Balaban J connectivity index is 2.02. The third-order valence-electron chi connectivity index (χ3n) is 4.14. The normalized spacial score (nSPS) is 16.4. The number of hydrogen-bond donors (Lipinski definition) is 2. The van der Waals surface area contributed by atoms with Gasteiger partial charge >= 0.3 is 0 Å². The first kappa shape index (κ1) is 20.4. The molecule has 1 aromatic carbocycles. The summed E-state index contributed by atoms with van der Waals surface area (Å²) in [6, 6.07) is 3.71. The molecule has 1 saturated heterocycles. The fourth-order valence-corrected chi connectivity index (χ4v) is 3.91. The topological polar surface area (TPSA) is 138 Å². The van der Waals surface area contributed by atoms with E-state index in [0.29, 0.717) is 32.7 Å². The molecule has 1 amide bonds. The quantitative estimate of drug-likeness (QED) is 0.493. The summed E-state index contributed by atoms with van der Waals surface area (Å²) in [5, 5.41) is 0.931. The van der Waals surface area contributed by atoms with Crippen molar-refractivity contribution in [1.82, 2.24) is 9.80 Å². The first-order valence-corrected chi connectivity index (χ1v) is 10.9. The van der Waals surface area contributed by atoms with Gasteiger partial charge in [0.05, 0.1) is 11.4 Å². The minimum atomic E-state index is -4.52. The second-order valence-electron chi connectivity index (χ2n) is 5.90. The van der Waals surface area contributed by atoms with Crippen molar-refractivity contribution >= 4 is 31.5 Å². The summed E-state index contributed by atoms with van der Waals surface area (Å²) < 4.78 is 54.7. The molecule has 0 atom stereocenters. The lowest BCUT2D eigenvalue weighted by Crippen LogP contribution is -2.49. The number of anilines is 1. The summed E-state index contributed by atoms with van der Waals surface area (Å²) in [5.41, 5.74) is 5.49. The number of nitrogen functional groups attached to an aromatic ring is 1. The van der Waals surface area contributed by atoms with Crippen LogP contribution in [-0.2, 0) is 20.0 Å².